The van der Waals surface area contributed by atoms with Gasteiger partial charge in [-0.05, 0) is 24.1 Å². The van der Waals surface area contributed by atoms with Crippen molar-refractivity contribution in [2.75, 3.05) is 26.9 Å². The molecule has 1 unspecified atom stereocenters. The van der Waals surface area contributed by atoms with Gasteiger partial charge in [-0.15, -0.1) is 0 Å². The van der Waals surface area contributed by atoms with E-state index in [0.717, 1.165) is 17.5 Å². The highest BCUT2D eigenvalue weighted by Gasteiger charge is 2.26. The maximum absolute atomic E-state index is 12.2. The molecule has 1 aromatic rings. The smallest absolute Gasteiger partial charge is 0.228 e. The van der Waals surface area contributed by atoms with E-state index in [-0.39, 0.29) is 18.4 Å². The van der Waals surface area contributed by atoms with Crippen LogP contribution < -0.4 is 0 Å². The zero-order valence-electron chi connectivity index (χ0n) is 12.3. The summed E-state index contributed by atoms with van der Waals surface area (Å²) >= 11 is 0. The van der Waals surface area contributed by atoms with Crippen LogP contribution in [0.2, 0.25) is 0 Å². The Kier molecular flexibility index (Phi) is 5.79. The van der Waals surface area contributed by atoms with Crippen molar-refractivity contribution in [3.05, 3.63) is 35.4 Å². The van der Waals surface area contributed by atoms with Crippen molar-refractivity contribution >= 4 is 5.91 Å². The second kappa shape index (κ2) is 7.82. The molecule has 0 bridgehead atoms. The van der Waals surface area contributed by atoms with Crippen molar-refractivity contribution in [3.63, 3.8) is 0 Å². The molecular formula is C17H21NO3. The van der Waals surface area contributed by atoms with Gasteiger partial charge in [0.25, 0.3) is 0 Å². The Morgan fingerprint density at radius 1 is 1.52 bits per heavy atom. The van der Waals surface area contributed by atoms with E-state index >= 15 is 0 Å². The maximum atomic E-state index is 12.2. The molecule has 0 saturated carbocycles. The molecular weight excluding hydrogens is 266 g/mol. The molecule has 1 aliphatic heterocycles. The Hall–Kier alpha value is -1.83. The van der Waals surface area contributed by atoms with E-state index in [0.29, 0.717) is 26.2 Å². The number of hydrogen-bond donors (Lipinski definition) is 1. The lowest BCUT2D eigenvalue weighted by atomic mass is 10.1. The number of carbonyl (C=O) groups excluding carboxylic acids is 1. The molecule has 0 aliphatic carbocycles. The highest BCUT2D eigenvalue weighted by atomic mass is 16.5. The van der Waals surface area contributed by atoms with Crippen molar-refractivity contribution in [3.8, 4) is 11.8 Å². The summed E-state index contributed by atoms with van der Waals surface area (Å²) in [5.41, 5.74) is 1.96. The molecule has 1 fully saturated rings. The van der Waals surface area contributed by atoms with E-state index in [4.69, 9.17) is 9.84 Å². The molecule has 1 heterocycles. The molecule has 2 rings (SSSR count). The minimum atomic E-state index is 0.00234. The van der Waals surface area contributed by atoms with Gasteiger partial charge in [-0.25, -0.2) is 0 Å². The fourth-order valence-electron chi connectivity index (χ4n) is 2.36. The Labute approximate surface area is 125 Å². The largest absolute Gasteiger partial charge is 0.395 e. The van der Waals surface area contributed by atoms with E-state index in [2.05, 4.69) is 11.8 Å². The van der Waals surface area contributed by atoms with Crippen molar-refractivity contribution in [1.82, 2.24) is 4.90 Å². The zero-order valence-corrected chi connectivity index (χ0v) is 12.3. The number of ether oxygens (including phenoxy) is 1. The molecule has 4 heteroatoms. The summed E-state index contributed by atoms with van der Waals surface area (Å²) in [5, 5.41) is 8.73. The minimum Gasteiger partial charge on any atom is -0.395 e. The lowest BCUT2D eigenvalue weighted by Crippen LogP contribution is -2.32. The van der Waals surface area contributed by atoms with Crippen molar-refractivity contribution in [1.29, 1.82) is 0 Å². The fraction of sp³-hybridized carbons (Fsp3) is 0.471. The number of rotatable bonds is 4. The Balaban J connectivity index is 1.97. The second-order valence-electron chi connectivity index (χ2n) is 5.23. The number of aliphatic hydroxyl groups excluding tert-OH is 1. The van der Waals surface area contributed by atoms with E-state index < -0.39 is 0 Å². The molecule has 0 spiro atoms. The van der Waals surface area contributed by atoms with Gasteiger partial charge in [-0.2, -0.15) is 0 Å². The van der Waals surface area contributed by atoms with E-state index in [1.807, 2.05) is 31.3 Å². The summed E-state index contributed by atoms with van der Waals surface area (Å²) in [7, 11) is 1.82. The van der Waals surface area contributed by atoms with Gasteiger partial charge in [-0.1, -0.05) is 24.0 Å². The molecule has 0 aromatic heterocycles. The highest BCUT2D eigenvalue weighted by molar-refractivity contribution is 5.78. The number of aliphatic hydroxyl groups is 1. The van der Waals surface area contributed by atoms with Crippen LogP contribution in [0.5, 0.6) is 0 Å². The Bertz CT molecular complexity index is 538. The molecule has 1 saturated heterocycles. The summed E-state index contributed by atoms with van der Waals surface area (Å²) < 4.78 is 5.27. The highest BCUT2D eigenvalue weighted by Crippen LogP contribution is 2.16. The van der Waals surface area contributed by atoms with Crippen LogP contribution in [0.3, 0.4) is 0 Å². The minimum absolute atomic E-state index is 0.00234. The van der Waals surface area contributed by atoms with Gasteiger partial charge in [0.1, 0.15) is 0 Å². The zero-order chi connectivity index (χ0) is 15.1. The lowest BCUT2D eigenvalue weighted by Gasteiger charge is -2.20. The van der Waals surface area contributed by atoms with Gasteiger partial charge in [0.15, 0.2) is 0 Å². The predicted octanol–water partition coefficient (Wildman–Crippen LogP) is 1.42. The number of amides is 1. The maximum Gasteiger partial charge on any atom is 0.228 e. The van der Waals surface area contributed by atoms with Crippen LogP contribution in [-0.2, 0) is 16.1 Å². The summed E-state index contributed by atoms with van der Waals surface area (Å²) in [5.74, 6) is 6.06. The van der Waals surface area contributed by atoms with Gasteiger partial charge in [0, 0.05) is 32.2 Å². The number of hydrogen-bond acceptors (Lipinski definition) is 3. The van der Waals surface area contributed by atoms with Crippen LogP contribution >= 0.6 is 0 Å². The lowest BCUT2D eigenvalue weighted by molar-refractivity contribution is -0.134. The molecule has 1 atom stereocenters. The quantitative estimate of drug-likeness (QED) is 0.852. The summed E-state index contributed by atoms with van der Waals surface area (Å²) in [4.78, 5) is 14.0. The average molecular weight is 287 g/mol. The normalized spacial score (nSPS) is 17.1. The SMILES string of the molecule is CN(Cc1cccc(C#CCCO)c1)C(=O)C1CCOC1. The Morgan fingerprint density at radius 3 is 3.10 bits per heavy atom. The van der Waals surface area contributed by atoms with Crippen LogP contribution in [-0.4, -0.2) is 42.8 Å². The standard InChI is InChI=1S/C17H21NO3/c1-18(17(20)16-8-10-21-13-16)12-15-7-4-6-14(11-15)5-2-3-9-19/h4,6-7,11,16,19H,3,8-10,12-13H2,1H3. The monoisotopic (exact) mass is 287 g/mol. The third-order valence-electron chi connectivity index (χ3n) is 3.47. The Morgan fingerprint density at radius 2 is 2.38 bits per heavy atom. The van der Waals surface area contributed by atoms with Gasteiger partial charge in [0.2, 0.25) is 5.91 Å². The van der Waals surface area contributed by atoms with Gasteiger partial charge in [0.05, 0.1) is 19.1 Å². The molecule has 1 aromatic carbocycles. The topological polar surface area (TPSA) is 49.8 Å². The first kappa shape index (κ1) is 15.6. The molecule has 0 radical (unpaired) electrons. The molecule has 112 valence electrons. The first-order chi connectivity index (χ1) is 10.2. The van der Waals surface area contributed by atoms with Crippen LogP contribution in [0.15, 0.2) is 24.3 Å². The molecule has 21 heavy (non-hydrogen) atoms. The molecule has 1 N–H and O–H groups in total. The second-order valence-corrected chi connectivity index (χ2v) is 5.23. The van der Waals surface area contributed by atoms with E-state index in [1.165, 1.54) is 0 Å². The third kappa shape index (κ3) is 4.59. The molecule has 1 aliphatic rings. The average Bonchev–Trinajstić information content (AvgIpc) is 3.01. The third-order valence-corrected chi connectivity index (χ3v) is 3.47. The summed E-state index contributed by atoms with van der Waals surface area (Å²) in [6, 6.07) is 7.85. The number of benzene rings is 1. The predicted molar refractivity (Wildman–Crippen MR) is 80.4 cm³/mol. The van der Waals surface area contributed by atoms with Gasteiger partial charge >= 0.3 is 0 Å². The van der Waals surface area contributed by atoms with Crippen molar-refractivity contribution in [2.24, 2.45) is 5.92 Å². The summed E-state index contributed by atoms with van der Waals surface area (Å²) in [6.45, 7) is 1.87. The van der Waals surface area contributed by atoms with E-state index in [9.17, 15) is 4.79 Å². The molecule has 4 nitrogen and oxygen atoms in total. The first-order valence-electron chi connectivity index (χ1n) is 7.22. The van der Waals surface area contributed by atoms with Crippen LogP contribution in [0, 0.1) is 17.8 Å². The van der Waals surface area contributed by atoms with Crippen LogP contribution in [0.1, 0.15) is 24.0 Å². The van der Waals surface area contributed by atoms with Crippen LogP contribution in [0.4, 0.5) is 0 Å². The molecule has 1 amide bonds. The van der Waals surface area contributed by atoms with Crippen molar-refractivity contribution in [2.45, 2.75) is 19.4 Å². The van der Waals surface area contributed by atoms with Gasteiger partial charge in [-0.3, -0.25) is 4.79 Å². The first-order valence-corrected chi connectivity index (χ1v) is 7.22. The summed E-state index contributed by atoms with van der Waals surface area (Å²) in [6.07, 6.45) is 1.29. The van der Waals surface area contributed by atoms with E-state index in [1.54, 1.807) is 4.90 Å². The fourth-order valence-corrected chi connectivity index (χ4v) is 2.36. The number of carbonyl (C=O) groups is 1. The number of nitrogens with zero attached hydrogens (tertiary/aromatic N) is 1. The van der Waals surface area contributed by atoms with Gasteiger partial charge < -0.3 is 14.7 Å². The van der Waals surface area contributed by atoms with Crippen molar-refractivity contribution < 1.29 is 14.6 Å². The van der Waals surface area contributed by atoms with Crippen LogP contribution in [0.25, 0.3) is 0 Å².